The highest BCUT2D eigenvalue weighted by molar-refractivity contribution is 5.26. The maximum absolute atomic E-state index is 10.3. The molecule has 0 fully saturated rings. The summed E-state index contributed by atoms with van der Waals surface area (Å²) in [5.41, 5.74) is 1.58. The van der Waals surface area contributed by atoms with Gasteiger partial charge in [0.25, 0.3) is 0 Å². The molecule has 0 spiro atoms. The number of aliphatic hydroxyl groups excluding tert-OH is 1. The van der Waals surface area contributed by atoms with E-state index in [4.69, 9.17) is 4.52 Å². The highest BCUT2D eigenvalue weighted by Gasteiger charge is 2.13. The van der Waals surface area contributed by atoms with Gasteiger partial charge in [0.1, 0.15) is 12.6 Å². The fourth-order valence-electron chi connectivity index (χ4n) is 2.25. The van der Waals surface area contributed by atoms with Gasteiger partial charge in [-0.1, -0.05) is 42.4 Å². The van der Waals surface area contributed by atoms with Crippen molar-refractivity contribution < 1.29 is 9.63 Å². The summed E-state index contributed by atoms with van der Waals surface area (Å²) in [6.07, 6.45) is 4.52. The molecule has 6 nitrogen and oxygen atoms in total. The van der Waals surface area contributed by atoms with Gasteiger partial charge >= 0.3 is 0 Å². The van der Waals surface area contributed by atoms with Gasteiger partial charge in [-0.15, -0.1) is 0 Å². The van der Waals surface area contributed by atoms with Crippen LogP contribution >= 0.6 is 0 Å². The number of aliphatic hydroxyl groups is 1. The lowest BCUT2D eigenvalue weighted by atomic mass is 10.1. The molecule has 0 saturated heterocycles. The van der Waals surface area contributed by atoms with Crippen molar-refractivity contribution in [2.75, 3.05) is 0 Å². The Balaban J connectivity index is 1.70. The first-order valence-electron chi connectivity index (χ1n) is 7.33. The second-order valence-corrected chi connectivity index (χ2v) is 5.14. The van der Waals surface area contributed by atoms with Crippen LogP contribution in [0.1, 0.15) is 42.3 Å². The third kappa shape index (κ3) is 3.23. The van der Waals surface area contributed by atoms with Crippen LogP contribution in [0.15, 0.2) is 47.2 Å². The van der Waals surface area contributed by atoms with Crippen molar-refractivity contribution in [2.24, 2.45) is 0 Å². The first-order chi connectivity index (χ1) is 10.8. The van der Waals surface area contributed by atoms with Gasteiger partial charge in [0, 0.05) is 18.2 Å². The highest BCUT2D eigenvalue weighted by Crippen LogP contribution is 2.20. The van der Waals surface area contributed by atoms with Crippen LogP contribution < -0.4 is 0 Å². The molecule has 1 atom stereocenters. The van der Waals surface area contributed by atoms with Crippen LogP contribution in [0.2, 0.25) is 0 Å². The van der Waals surface area contributed by atoms with E-state index in [1.54, 1.807) is 17.1 Å². The second-order valence-electron chi connectivity index (χ2n) is 5.14. The maximum Gasteiger partial charge on any atom is 0.226 e. The van der Waals surface area contributed by atoms with E-state index >= 15 is 0 Å². The Labute approximate surface area is 128 Å². The number of aryl methyl sites for hydroxylation is 1. The molecule has 0 amide bonds. The molecule has 1 N–H and O–H groups in total. The summed E-state index contributed by atoms with van der Waals surface area (Å²) in [6, 6.07) is 9.50. The molecule has 0 aliphatic carbocycles. The molecule has 6 heteroatoms. The summed E-state index contributed by atoms with van der Waals surface area (Å²) < 4.78 is 6.85. The molecule has 3 aromatic rings. The minimum absolute atomic E-state index is 0.425. The van der Waals surface area contributed by atoms with E-state index in [-0.39, 0.29) is 0 Å². The summed E-state index contributed by atoms with van der Waals surface area (Å²) in [6.45, 7) is 2.49. The van der Waals surface area contributed by atoms with Crippen molar-refractivity contribution in [3.63, 3.8) is 0 Å². The predicted molar refractivity (Wildman–Crippen MR) is 80.1 cm³/mol. The fraction of sp³-hybridized carbons (Fsp3) is 0.312. The van der Waals surface area contributed by atoms with Gasteiger partial charge in [0.2, 0.25) is 5.89 Å². The van der Waals surface area contributed by atoms with Crippen LogP contribution in [-0.2, 0) is 13.0 Å². The normalized spacial score (nSPS) is 12.5. The quantitative estimate of drug-likeness (QED) is 0.756. The molecule has 114 valence electrons. The predicted octanol–water partition coefficient (Wildman–Crippen LogP) is 2.35. The van der Waals surface area contributed by atoms with Gasteiger partial charge in [0.15, 0.2) is 5.82 Å². The molecular weight excluding hydrogens is 280 g/mol. The molecule has 0 bridgehead atoms. The fourth-order valence-corrected chi connectivity index (χ4v) is 2.25. The number of benzene rings is 1. The molecular formula is C16H18N4O2. The molecule has 0 radical (unpaired) electrons. The van der Waals surface area contributed by atoms with Gasteiger partial charge in [0.05, 0.1) is 6.20 Å². The van der Waals surface area contributed by atoms with E-state index in [1.165, 1.54) is 0 Å². The Bertz CT molecular complexity index is 721. The van der Waals surface area contributed by atoms with Crippen molar-refractivity contribution in [2.45, 2.75) is 32.4 Å². The van der Waals surface area contributed by atoms with Crippen molar-refractivity contribution in [3.05, 3.63) is 65.6 Å². The van der Waals surface area contributed by atoms with Gasteiger partial charge < -0.3 is 9.63 Å². The third-order valence-electron chi connectivity index (χ3n) is 3.36. The number of hydrogen-bond acceptors (Lipinski definition) is 5. The van der Waals surface area contributed by atoms with Gasteiger partial charge in [-0.2, -0.15) is 10.1 Å². The van der Waals surface area contributed by atoms with E-state index in [0.717, 1.165) is 24.0 Å². The lowest BCUT2D eigenvalue weighted by molar-refractivity contribution is 0.220. The van der Waals surface area contributed by atoms with E-state index in [1.807, 2.05) is 30.3 Å². The number of rotatable bonds is 6. The average Bonchev–Trinajstić information content (AvgIpc) is 3.18. The largest absolute Gasteiger partial charge is 0.384 e. The van der Waals surface area contributed by atoms with Gasteiger partial charge in [-0.05, 0) is 12.0 Å². The monoisotopic (exact) mass is 298 g/mol. The smallest absolute Gasteiger partial charge is 0.226 e. The summed E-state index contributed by atoms with van der Waals surface area (Å²) in [5.74, 6) is 1.24. The third-order valence-corrected chi connectivity index (χ3v) is 3.36. The zero-order valence-corrected chi connectivity index (χ0v) is 12.4. The van der Waals surface area contributed by atoms with Crippen molar-refractivity contribution in [3.8, 4) is 0 Å². The van der Waals surface area contributed by atoms with E-state index in [0.29, 0.717) is 18.3 Å². The summed E-state index contributed by atoms with van der Waals surface area (Å²) >= 11 is 0. The average molecular weight is 298 g/mol. The molecule has 0 saturated carbocycles. The summed E-state index contributed by atoms with van der Waals surface area (Å²) in [5, 5.41) is 18.5. The Morgan fingerprint density at radius 2 is 2.05 bits per heavy atom. The standard InChI is InChI=1S/C16H18N4O2/c1-2-6-15-18-14(19-22-15)11-20-10-13(9-17-20)16(21)12-7-4-3-5-8-12/h3-5,7-10,16,21H,2,6,11H2,1H3. The van der Waals surface area contributed by atoms with Crippen LogP contribution in [0, 0.1) is 0 Å². The van der Waals surface area contributed by atoms with E-state index in [2.05, 4.69) is 22.2 Å². The van der Waals surface area contributed by atoms with Crippen LogP contribution in [0.4, 0.5) is 0 Å². The lowest BCUT2D eigenvalue weighted by Gasteiger charge is -2.07. The van der Waals surface area contributed by atoms with Crippen LogP contribution in [-0.4, -0.2) is 25.0 Å². The highest BCUT2D eigenvalue weighted by atomic mass is 16.5. The zero-order chi connectivity index (χ0) is 15.4. The summed E-state index contributed by atoms with van der Waals surface area (Å²) in [7, 11) is 0. The molecule has 1 unspecified atom stereocenters. The molecule has 3 rings (SSSR count). The molecule has 0 aliphatic rings. The van der Waals surface area contributed by atoms with Crippen LogP contribution in [0.5, 0.6) is 0 Å². The van der Waals surface area contributed by atoms with E-state index < -0.39 is 6.10 Å². The van der Waals surface area contributed by atoms with Crippen molar-refractivity contribution >= 4 is 0 Å². The molecule has 22 heavy (non-hydrogen) atoms. The first kappa shape index (κ1) is 14.5. The Kier molecular flexibility index (Phi) is 4.29. The molecule has 2 aromatic heterocycles. The van der Waals surface area contributed by atoms with E-state index in [9.17, 15) is 5.11 Å². The number of aromatic nitrogens is 4. The van der Waals surface area contributed by atoms with Crippen LogP contribution in [0.3, 0.4) is 0 Å². The number of nitrogens with zero attached hydrogens (tertiary/aromatic N) is 4. The van der Waals surface area contributed by atoms with Gasteiger partial charge in [-0.3, -0.25) is 4.68 Å². The minimum atomic E-state index is -0.684. The Morgan fingerprint density at radius 1 is 1.23 bits per heavy atom. The maximum atomic E-state index is 10.3. The SMILES string of the molecule is CCCc1nc(Cn2cc(C(O)c3ccccc3)cn2)no1. The van der Waals surface area contributed by atoms with Gasteiger partial charge in [-0.25, -0.2) is 0 Å². The Hall–Kier alpha value is -2.47. The number of hydrogen-bond donors (Lipinski definition) is 1. The van der Waals surface area contributed by atoms with Crippen molar-refractivity contribution in [1.29, 1.82) is 0 Å². The first-order valence-corrected chi connectivity index (χ1v) is 7.33. The zero-order valence-electron chi connectivity index (χ0n) is 12.4. The molecule has 2 heterocycles. The minimum Gasteiger partial charge on any atom is -0.384 e. The Morgan fingerprint density at radius 3 is 2.82 bits per heavy atom. The summed E-state index contributed by atoms with van der Waals surface area (Å²) in [4.78, 5) is 4.31. The van der Waals surface area contributed by atoms with Crippen LogP contribution in [0.25, 0.3) is 0 Å². The lowest BCUT2D eigenvalue weighted by Crippen LogP contribution is -2.02. The molecule has 1 aromatic carbocycles. The second kappa shape index (κ2) is 6.53. The molecule has 0 aliphatic heterocycles. The van der Waals surface area contributed by atoms with Crippen molar-refractivity contribution in [1.82, 2.24) is 19.9 Å². The topological polar surface area (TPSA) is 77.0 Å².